The number of carbonyl (C=O) groups excluding carboxylic acids is 2. The lowest BCUT2D eigenvalue weighted by Crippen LogP contribution is -2.32. The van der Waals surface area contributed by atoms with Crippen molar-refractivity contribution in [1.29, 1.82) is 0 Å². The van der Waals surface area contributed by atoms with Crippen LogP contribution in [-0.4, -0.2) is 39.4 Å². The van der Waals surface area contributed by atoms with Gasteiger partial charge in [0, 0.05) is 49.2 Å². The number of aromatic nitrogens is 2. The summed E-state index contributed by atoms with van der Waals surface area (Å²) in [6, 6.07) is 5.01. The molecule has 0 aliphatic carbocycles. The number of amides is 2. The molecule has 0 saturated heterocycles. The number of benzene rings is 1. The smallest absolute Gasteiger partial charge is 0.253 e. The van der Waals surface area contributed by atoms with Crippen LogP contribution in [0.4, 0.5) is 0 Å². The molecule has 2 N–H and O–H groups in total. The molecule has 128 valence electrons. The number of aryl methyl sites for hydroxylation is 1. The maximum absolute atomic E-state index is 12.9. The number of nitrogens with two attached hydrogens (primary N) is 1. The van der Waals surface area contributed by atoms with Gasteiger partial charge in [0.2, 0.25) is 5.91 Å². The lowest BCUT2D eigenvalue weighted by molar-refractivity contribution is 0.0755. The topological polar surface area (TPSA) is 81.2 Å². The number of imidazole rings is 1. The van der Waals surface area contributed by atoms with Crippen LogP contribution >= 0.6 is 0 Å². The summed E-state index contributed by atoms with van der Waals surface area (Å²) in [5, 5.41) is 0. The third-order valence-electron chi connectivity index (χ3n) is 3.82. The predicted octanol–water partition coefficient (Wildman–Crippen LogP) is 2.45. The Hall–Kier alpha value is -2.63. The van der Waals surface area contributed by atoms with Crippen LogP contribution in [0.2, 0.25) is 0 Å². The second kappa shape index (κ2) is 7.77. The van der Waals surface area contributed by atoms with E-state index in [1.807, 2.05) is 36.6 Å². The molecule has 0 spiro atoms. The molecule has 2 amide bonds. The first-order valence-corrected chi connectivity index (χ1v) is 8.19. The average Bonchev–Trinajstić information content (AvgIpc) is 2.99. The van der Waals surface area contributed by atoms with Gasteiger partial charge >= 0.3 is 0 Å². The number of rotatable bonds is 7. The standard InChI is InChI=1S/C18H24N4O2/c1-4-7-22(8-5-2)18(24)15-11-13(16(19)23)10-14(12-15)17-20-6-9-21(17)3/h6,9-12H,4-5,7-8H2,1-3H3,(H2,19,23). The van der Waals surface area contributed by atoms with E-state index in [1.54, 1.807) is 24.4 Å². The fraction of sp³-hybridized carbons (Fsp3) is 0.389. The Balaban J connectivity index is 2.49. The van der Waals surface area contributed by atoms with Crippen molar-refractivity contribution in [3.63, 3.8) is 0 Å². The van der Waals surface area contributed by atoms with Gasteiger partial charge in [-0.1, -0.05) is 13.8 Å². The van der Waals surface area contributed by atoms with Crippen LogP contribution in [-0.2, 0) is 7.05 Å². The molecule has 0 atom stereocenters. The third kappa shape index (κ3) is 3.82. The predicted molar refractivity (Wildman–Crippen MR) is 93.6 cm³/mol. The highest BCUT2D eigenvalue weighted by Gasteiger charge is 2.18. The van der Waals surface area contributed by atoms with E-state index in [-0.39, 0.29) is 5.91 Å². The zero-order chi connectivity index (χ0) is 17.7. The second-order valence-electron chi connectivity index (χ2n) is 5.82. The minimum atomic E-state index is -0.558. The molecule has 0 fully saturated rings. The van der Waals surface area contributed by atoms with Crippen molar-refractivity contribution in [3.05, 3.63) is 41.7 Å². The van der Waals surface area contributed by atoms with Crippen molar-refractivity contribution in [2.45, 2.75) is 26.7 Å². The first-order valence-electron chi connectivity index (χ1n) is 8.19. The highest BCUT2D eigenvalue weighted by Crippen LogP contribution is 2.22. The Bertz CT molecular complexity index is 730. The summed E-state index contributed by atoms with van der Waals surface area (Å²) in [4.78, 5) is 30.6. The second-order valence-corrected chi connectivity index (χ2v) is 5.82. The molecule has 0 unspecified atom stereocenters. The van der Waals surface area contributed by atoms with Gasteiger partial charge in [0.15, 0.2) is 0 Å². The van der Waals surface area contributed by atoms with E-state index >= 15 is 0 Å². The molecule has 0 aliphatic rings. The van der Waals surface area contributed by atoms with Gasteiger partial charge in [0.1, 0.15) is 5.82 Å². The van der Waals surface area contributed by atoms with Crippen LogP contribution in [0, 0.1) is 0 Å². The summed E-state index contributed by atoms with van der Waals surface area (Å²) in [6.07, 6.45) is 5.25. The number of primary amides is 1. The molecule has 24 heavy (non-hydrogen) atoms. The summed E-state index contributed by atoms with van der Waals surface area (Å²) in [6.45, 7) is 5.45. The minimum absolute atomic E-state index is 0.0859. The molecule has 0 aliphatic heterocycles. The molecule has 2 aromatic rings. The van der Waals surface area contributed by atoms with Crippen molar-refractivity contribution in [2.24, 2.45) is 12.8 Å². The Morgan fingerprint density at radius 2 is 1.75 bits per heavy atom. The van der Waals surface area contributed by atoms with E-state index in [4.69, 9.17) is 5.73 Å². The Kier molecular flexibility index (Phi) is 5.73. The largest absolute Gasteiger partial charge is 0.366 e. The van der Waals surface area contributed by atoms with Gasteiger partial charge in [-0.25, -0.2) is 4.98 Å². The maximum atomic E-state index is 12.9. The molecule has 6 heteroatoms. The van der Waals surface area contributed by atoms with Crippen molar-refractivity contribution in [3.8, 4) is 11.4 Å². The molecule has 0 radical (unpaired) electrons. The Morgan fingerprint density at radius 1 is 1.12 bits per heavy atom. The molecule has 2 rings (SSSR count). The van der Waals surface area contributed by atoms with E-state index in [0.29, 0.717) is 35.6 Å². The summed E-state index contributed by atoms with van der Waals surface area (Å²) < 4.78 is 1.84. The molecule has 1 heterocycles. The van der Waals surface area contributed by atoms with Crippen molar-refractivity contribution < 1.29 is 9.59 Å². The SMILES string of the molecule is CCCN(CCC)C(=O)c1cc(C(N)=O)cc(-c2nccn2C)c1. The first kappa shape index (κ1) is 17.7. The number of hydrogen-bond donors (Lipinski definition) is 1. The highest BCUT2D eigenvalue weighted by molar-refractivity contribution is 6.00. The fourth-order valence-corrected chi connectivity index (χ4v) is 2.70. The van der Waals surface area contributed by atoms with Crippen molar-refractivity contribution >= 4 is 11.8 Å². The molecular weight excluding hydrogens is 304 g/mol. The summed E-state index contributed by atoms with van der Waals surface area (Å²) in [7, 11) is 1.86. The van der Waals surface area contributed by atoms with Gasteiger partial charge in [-0.2, -0.15) is 0 Å². The summed E-state index contributed by atoms with van der Waals surface area (Å²) in [5.74, 6) is 0.0413. The summed E-state index contributed by atoms with van der Waals surface area (Å²) in [5.41, 5.74) is 6.93. The van der Waals surface area contributed by atoms with Crippen LogP contribution in [0.25, 0.3) is 11.4 Å². The lowest BCUT2D eigenvalue weighted by Gasteiger charge is -2.22. The molecule has 0 bridgehead atoms. The summed E-state index contributed by atoms with van der Waals surface area (Å²) >= 11 is 0. The monoisotopic (exact) mass is 328 g/mol. The first-order chi connectivity index (χ1) is 11.5. The highest BCUT2D eigenvalue weighted by atomic mass is 16.2. The van der Waals surface area contributed by atoms with Crippen LogP contribution < -0.4 is 5.73 Å². The van der Waals surface area contributed by atoms with E-state index in [2.05, 4.69) is 4.98 Å². The molecule has 6 nitrogen and oxygen atoms in total. The van der Waals surface area contributed by atoms with Crippen LogP contribution in [0.3, 0.4) is 0 Å². The fourth-order valence-electron chi connectivity index (χ4n) is 2.70. The van der Waals surface area contributed by atoms with Crippen LogP contribution in [0.1, 0.15) is 47.4 Å². The quantitative estimate of drug-likeness (QED) is 0.847. The average molecular weight is 328 g/mol. The number of nitrogens with zero attached hydrogens (tertiary/aromatic N) is 3. The molecule has 1 aromatic heterocycles. The maximum Gasteiger partial charge on any atom is 0.253 e. The molecular formula is C18H24N4O2. The van der Waals surface area contributed by atoms with Gasteiger partial charge in [0.25, 0.3) is 5.91 Å². The van der Waals surface area contributed by atoms with E-state index < -0.39 is 5.91 Å². The molecule has 0 saturated carbocycles. The van der Waals surface area contributed by atoms with Gasteiger partial charge in [-0.15, -0.1) is 0 Å². The zero-order valence-corrected chi connectivity index (χ0v) is 14.5. The third-order valence-corrected chi connectivity index (χ3v) is 3.82. The minimum Gasteiger partial charge on any atom is -0.366 e. The van der Waals surface area contributed by atoms with E-state index in [1.165, 1.54) is 0 Å². The normalized spacial score (nSPS) is 10.6. The van der Waals surface area contributed by atoms with Gasteiger partial charge in [-0.05, 0) is 31.0 Å². The Labute approximate surface area is 142 Å². The lowest BCUT2D eigenvalue weighted by atomic mass is 10.0. The van der Waals surface area contributed by atoms with E-state index in [0.717, 1.165) is 12.8 Å². The molecule has 1 aromatic carbocycles. The van der Waals surface area contributed by atoms with E-state index in [9.17, 15) is 9.59 Å². The zero-order valence-electron chi connectivity index (χ0n) is 14.5. The number of carbonyl (C=O) groups is 2. The number of hydrogen-bond acceptors (Lipinski definition) is 3. The van der Waals surface area contributed by atoms with Gasteiger partial charge < -0.3 is 15.2 Å². The van der Waals surface area contributed by atoms with Crippen molar-refractivity contribution in [1.82, 2.24) is 14.5 Å². The Morgan fingerprint density at radius 3 is 2.25 bits per heavy atom. The van der Waals surface area contributed by atoms with Crippen LogP contribution in [0.5, 0.6) is 0 Å². The van der Waals surface area contributed by atoms with Gasteiger partial charge in [0.05, 0.1) is 0 Å². The van der Waals surface area contributed by atoms with Gasteiger partial charge in [-0.3, -0.25) is 9.59 Å². The van der Waals surface area contributed by atoms with Crippen molar-refractivity contribution in [2.75, 3.05) is 13.1 Å². The van der Waals surface area contributed by atoms with Crippen LogP contribution in [0.15, 0.2) is 30.6 Å².